The summed E-state index contributed by atoms with van der Waals surface area (Å²) in [6.45, 7) is 1.49. The zero-order valence-electron chi connectivity index (χ0n) is 3.34. The fourth-order valence-electron chi connectivity index (χ4n) is 0. The summed E-state index contributed by atoms with van der Waals surface area (Å²) in [4.78, 5) is 0. The van der Waals surface area contributed by atoms with Gasteiger partial charge in [0, 0.05) is 0 Å². The van der Waals surface area contributed by atoms with Gasteiger partial charge < -0.3 is 15.3 Å². The predicted octanol–water partition coefficient (Wildman–Crippen LogP) is -1.12. The zero-order valence-corrected chi connectivity index (χ0v) is 4.34. The van der Waals surface area contributed by atoms with Crippen molar-refractivity contribution in [2.24, 2.45) is 0 Å². The summed E-state index contributed by atoms with van der Waals surface area (Å²) < 4.78 is 0. The Bertz CT molecular complexity index is 38.5. The van der Waals surface area contributed by atoms with Crippen LogP contribution in [0.2, 0.25) is 0 Å². The molecule has 1 unspecified atom stereocenters. The monoisotopic (exact) mass is 110 g/mol. The molecule has 1 atom stereocenters. The van der Waals surface area contributed by atoms with Crippen LogP contribution in [-0.4, -0.2) is 27.7 Å². The summed E-state index contributed by atoms with van der Waals surface area (Å²) >= 11 is 0. The summed E-state index contributed by atoms with van der Waals surface area (Å²) in [5.41, 5.74) is -2.43. The third-order valence-electron chi connectivity index (χ3n) is 0.335. The zero-order chi connectivity index (χ0) is 5.21. The number of rotatable bonds is 1. The van der Waals surface area contributed by atoms with Crippen molar-refractivity contribution in [1.82, 2.24) is 0 Å². The second kappa shape index (κ2) is 1.85. The van der Waals surface area contributed by atoms with Crippen molar-refractivity contribution < 1.29 is 15.3 Å². The maximum absolute atomic E-state index is 7.95. The molecule has 0 aromatic rings. The standard InChI is InChI=1S/C2H7O3P/c1-6-2(3,4)5/h3-6H,1H3. The van der Waals surface area contributed by atoms with Crippen molar-refractivity contribution in [3.63, 3.8) is 0 Å². The van der Waals surface area contributed by atoms with Crippen LogP contribution in [0.3, 0.4) is 0 Å². The Morgan fingerprint density at radius 2 is 1.50 bits per heavy atom. The van der Waals surface area contributed by atoms with Gasteiger partial charge in [0.25, 0.3) is 5.71 Å². The van der Waals surface area contributed by atoms with Gasteiger partial charge in [-0.2, -0.15) is 0 Å². The van der Waals surface area contributed by atoms with Crippen molar-refractivity contribution in [3.8, 4) is 0 Å². The molecule has 3 nitrogen and oxygen atoms in total. The van der Waals surface area contributed by atoms with Crippen LogP contribution in [0.1, 0.15) is 0 Å². The van der Waals surface area contributed by atoms with Crippen molar-refractivity contribution in [2.75, 3.05) is 6.66 Å². The Hall–Kier alpha value is 0.310. The molecule has 0 amide bonds. The van der Waals surface area contributed by atoms with Crippen molar-refractivity contribution in [2.45, 2.75) is 5.71 Å². The van der Waals surface area contributed by atoms with Crippen LogP contribution in [0.5, 0.6) is 0 Å². The summed E-state index contributed by atoms with van der Waals surface area (Å²) in [5.74, 6) is 0. The smallest absolute Gasteiger partial charge is 0.290 e. The van der Waals surface area contributed by atoms with E-state index in [1.807, 2.05) is 0 Å². The molecule has 0 aliphatic rings. The third-order valence-corrected chi connectivity index (χ3v) is 1.01. The quantitative estimate of drug-likeness (QED) is 0.296. The van der Waals surface area contributed by atoms with Gasteiger partial charge in [-0.15, -0.1) is 0 Å². The summed E-state index contributed by atoms with van der Waals surface area (Å²) in [7, 11) is -0.266. The normalized spacial score (nSPS) is 14.0. The topological polar surface area (TPSA) is 60.7 Å². The van der Waals surface area contributed by atoms with Gasteiger partial charge in [0.15, 0.2) is 0 Å². The summed E-state index contributed by atoms with van der Waals surface area (Å²) in [6.07, 6.45) is 0. The van der Waals surface area contributed by atoms with Gasteiger partial charge in [0.1, 0.15) is 0 Å². The van der Waals surface area contributed by atoms with Gasteiger partial charge in [-0.1, -0.05) is 0 Å². The molecule has 0 bridgehead atoms. The molecule has 0 fully saturated rings. The van der Waals surface area contributed by atoms with E-state index in [1.54, 1.807) is 0 Å². The molecule has 3 N–H and O–H groups in total. The highest BCUT2D eigenvalue weighted by atomic mass is 31.1. The lowest BCUT2D eigenvalue weighted by molar-refractivity contribution is -0.237. The van der Waals surface area contributed by atoms with Gasteiger partial charge in [-0.05, 0) is 15.2 Å². The van der Waals surface area contributed by atoms with E-state index in [0.717, 1.165) is 0 Å². The van der Waals surface area contributed by atoms with Crippen LogP contribution in [0.25, 0.3) is 0 Å². The number of hydrogen-bond acceptors (Lipinski definition) is 3. The van der Waals surface area contributed by atoms with Crippen LogP contribution < -0.4 is 0 Å². The second-order valence-corrected chi connectivity index (χ2v) is 2.06. The minimum absolute atomic E-state index is 0.266. The summed E-state index contributed by atoms with van der Waals surface area (Å²) in [6, 6.07) is 0. The highest BCUT2D eigenvalue weighted by Gasteiger charge is 2.11. The van der Waals surface area contributed by atoms with E-state index in [-0.39, 0.29) is 8.58 Å². The van der Waals surface area contributed by atoms with Crippen LogP contribution in [0.4, 0.5) is 0 Å². The fourth-order valence-corrected chi connectivity index (χ4v) is 0. The predicted molar refractivity (Wildman–Crippen MR) is 23.6 cm³/mol. The summed E-state index contributed by atoms with van der Waals surface area (Å²) in [5, 5.41) is 23.8. The first-order chi connectivity index (χ1) is 2.56. The second-order valence-electron chi connectivity index (χ2n) is 0.885. The Labute approximate surface area is 37.4 Å². The average Bonchev–Trinajstić information content (AvgIpc) is 1.35. The minimum atomic E-state index is -2.43. The maximum atomic E-state index is 7.95. The van der Waals surface area contributed by atoms with Crippen molar-refractivity contribution >= 4 is 8.58 Å². The molecule has 4 heteroatoms. The molecule has 0 aromatic heterocycles. The van der Waals surface area contributed by atoms with Crippen LogP contribution in [0.15, 0.2) is 0 Å². The maximum Gasteiger partial charge on any atom is 0.290 e. The van der Waals surface area contributed by atoms with E-state index < -0.39 is 5.71 Å². The molecule has 0 rings (SSSR count). The largest absolute Gasteiger partial charge is 0.340 e. The Morgan fingerprint density at radius 1 is 1.33 bits per heavy atom. The molecular formula is C2H7O3P. The first kappa shape index (κ1) is 6.31. The SMILES string of the molecule is CPC(O)(O)O. The molecular weight excluding hydrogens is 103 g/mol. The highest BCUT2D eigenvalue weighted by Crippen LogP contribution is 2.16. The molecule has 0 saturated heterocycles. The lowest BCUT2D eigenvalue weighted by atomic mass is 11.3. The molecule has 6 heavy (non-hydrogen) atoms. The van der Waals surface area contributed by atoms with Crippen molar-refractivity contribution in [3.05, 3.63) is 0 Å². The van der Waals surface area contributed by atoms with Crippen LogP contribution >= 0.6 is 8.58 Å². The molecule has 0 aliphatic carbocycles. The van der Waals surface area contributed by atoms with E-state index in [9.17, 15) is 0 Å². The van der Waals surface area contributed by atoms with Gasteiger partial charge >= 0.3 is 0 Å². The van der Waals surface area contributed by atoms with E-state index in [4.69, 9.17) is 15.3 Å². The molecule has 38 valence electrons. The third kappa shape index (κ3) is 4.31. The van der Waals surface area contributed by atoms with Gasteiger partial charge in [-0.25, -0.2) is 0 Å². The first-order valence-corrected chi connectivity index (χ1v) is 2.92. The van der Waals surface area contributed by atoms with Crippen LogP contribution in [-0.2, 0) is 0 Å². The Kier molecular flexibility index (Phi) is 1.94. The van der Waals surface area contributed by atoms with Gasteiger partial charge in [0.2, 0.25) is 0 Å². The molecule has 0 heterocycles. The number of hydrogen-bond donors (Lipinski definition) is 3. The van der Waals surface area contributed by atoms with E-state index in [2.05, 4.69) is 0 Å². The average molecular weight is 110 g/mol. The van der Waals surface area contributed by atoms with E-state index in [1.165, 1.54) is 6.66 Å². The van der Waals surface area contributed by atoms with E-state index in [0.29, 0.717) is 0 Å². The molecule has 0 aliphatic heterocycles. The lowest BCUT2D eigenvalue weighted by Crippen LogP contribution is -2.18. The van der Waals surface area contributed by atoms with Gasteiger partial charge in [0.05, 0.1) is 0 Å². The molecule has 0 saturated carbocycles. The highest BCUT2D eigenvalue weighted by molar-refractivity contribution is 7.38. The fraction of sp³-hybridized carbons (Fsp3) is 1.00. The lowest BCUT2D eigenvalue weighted by Gasteiger charge is -2.08. The van der Waals surface area contributed by atoms with Crippen LogP contribution in [0, 0.1) is 0 Å². The Morgan fingerprint density at radius 3 is 1.50 bits per heavy atom. The molecule has 0 spiro atoms. The van der Waals surface area contributed by atoms with Gasteiger partial charge in [-0.3, -0.25) is 0 Å². The first-order valence-electron chi connectivity index (χ1n) is 1.42. The molecule has 0 aromatic carbocycles. The Balaban J connectivity index is 3.17. The minimum Gasteiger partial charge on any atom is -0.340 e. The van der Waals surface area contributed by atoms with E-state index >= 15 is 0 Å². The van der Waals surface area contributed by atoms with Crippen molar-refractivity contribution in [1.29, 1.82) is 0 Å². The number of aliphatic hydroxyl groups is 3. The molecule has 0 radical (unpaired) electrons.